The number of aliphatic hydroxyl groups is 1. The van der Waals surface area contributed by atoms with E-state index >= 15 is 0 Å². The highest BCUT2D eigenvalue weighted by atomic mass is 16.5. The zero-order valence-corrected chi connectivity index (χ0v) is 17.3. The third kappa shape index (κ3) is 3.24. The number of benzene rings is 1. The lowest BCUT2D eigenvalue weighted by molar-refractivity contribution is -0.117. The number of ether oxygens (including phenoxy) is 2. The number of aryl methyl sites for hydroxylation is 2. The minimum Gasteiger partial charge on any atom is -0.503 e. The molecule has 0 radical (unpaired) electrons. The number of hydrogen-bond acceptors (Lipinski definition) is 8. The highest BCUT2D eigenvalue weighted by Gasteiger charge is 2.47. The number of aliphatic hydroxyl groups excluding tert-OH is 1. The summed E-state index contributed by atoms with van der Waals surface area (Å²) >= 11 is 0. The summed E-state index contributed by atoms with van der Waals surface area (Å²) in [6.07, 6.45) is 0. The number of methoxy groups -OCH3 is 2. The minimum atomic E-state index is -1.06. The van der Waals surface area contributed by atoms with Crippen molar-refractivity contribution in [3.63, 3.8) is 0 Å². The van der Waals surface area contributed by atoms with Gasteiger partial charge < -0.3 is 23.5 Å². The second-order valence-electron chi connectivity index (χ2n) is 6.96. The van der Waals surface area contributed by atoms with E-state index in [0.717, 1.165) is 0 Å². The van der Waals surface area contributed by atoms with E-state index in [-0.39, 0.29) is 17.2 Å². The van der Waals surface area contributed by atoms with Gasteiger partial charge in [-0.1, -0.05) is 17.3 Å². The fourth-order valence-electron chi connectivity index (χ4n) is 3.65. The Kier molecular flexibility index (Phi) is 5.02. The molecule has 0 aliphatic carbocycles. The molecule has 0 saturated heterocycles. The predicted octanol–water partition coefficient (Wildman–Crippen LogP) is 3.68. The molecule has 1 aliphatic heterocycles. The first kappa shape index (κ1) is 20.3. The minimum absolute atomic E-state index is 0.00287. The number of amides is 1. The van der Waals surface area contributed by atoms with Gasteiger partial charge in [-0.2, -0.15) is 0 Å². The van der Waals surface area contributed by atoms with Gasteiger partial charge in [-0.05, 0) is 32.0 Å². The van der Waals surface area contributed by atoms with Gasteiger partial charge in [-0.3, -0.25) is 14.5 Å². The number of carbonyl (C=O) groups excluding carboxylic acids is 2. The first-order chi connectivity index (χ1) is 14.9. The van der Waals surface area contributed by atoms with Crippen LogP contribution >= 0.6 is 0 Å². The lowest BCUT2D eigenvalue weighted by Crippen LogP contribution is -2.31. The Morgan fingerprint density at radius 1 is 1.13 bits per heavy atom. The normalized spacial score (nSPS) is 16.2. The molecule has 0 fully saturated rings. The van der Waals surface area contributed by atoms with Crippen molar-refractivity contribution >= 4 is 17.5 Å². The average molecular weight is 424 g/mol. The molecule has 1 atom stereocenters. The fraction of sp³-hybridized carbons (Fsp3) is 0.227. The van der Waals surface area contributed by atoms with Gasteiger partial charge in [0.25, 0.3) is 5.91 Å². The Morgan fingerprint density at radius 2 is 1.90 bits per heavy atom. The summed E-state index contributed by atoms with van der Waals surface area (Å²) < 4.78 is 21.5. The van der Waals surface area contributed by atoms with E-state index in [1.807, 2.05) is 0 Å². The number of ketones is 1. The third-order valence-electron chi connectivity index (χ3n) is 5.01. The highest BCUT2D eigenvalue weighted by molar-refractivity contribution is 6.20. The molecule has 2 aromatic heterocycles. The van der Waals surface area contributed by atoms with Crippen LogP contribution in [0.4, 0.5) is 5.82 Å². The molecule has 3 heterocycles. The monoisotopic (exact) mass is 424 g/mol. The summed E-state index contributed by atoms with van der Waals surface area (Å²) in [6, 6.07) is 8.66. The molecule has 0 saturated carbocycles. The van der Waals surface area contributed by atoms with Crippen molar-refractivity contribution in [2.24, 2.45) is 0 Å². The van der Waals surface area contributed by atoms with Gasteiger partial charge in [-0.15, -0.1) is 0 Å². The molecule has 0 spiro atoms. The maximum Gasteiger partial charge on any atom is 0.295 e. The van der Waals surface area contributed by atoms with Gasteiger partial charge in [0, 0.05) is 11.6 Å². The molecule has 9 nitrogen and oxygen atoms in total. The van der Waals surface area contributed by atoms with Crippen LogP contribution in [-0.4, -0.2) is 36.2 Å². The molecule has 3 aromatic rings. The Morgan fingerprint density at radius 3 is 2.48 bits per heavy atom. The zero-order valence-electron chi connectivity index (χ0n) is 17.3. The summed E-state index contributed by atoms with van der Waals surface area (Å²) in [5, 5.41) is 14.7. The summed E-state index contributed by atoms with van der Waals surface area (Å²) in [6.45, 7) is 3.36. The van der Waals surface area contributed by atoms with Crippen molar-refractivity contribution in [2.75, 3.05) is 19.1 Å². The van der Waals surface area contributed by atoms with E-state index in [4.69, 9.17) is 18.4 Å². The van der Waals surface area contributed by atoms with E-state index in [1.165, 1.54) is 31.3 Å². The van der Waals surface area contributed by atoms with Crippen LogP contribution in [0, 0.1) is 13.8 Å². The van der Waals surface area contributed by atoms with Crippen LogP contribution in [0.5, 0.6) is 11.5 Å². The highest BCUT2D eigenvalue weighted by Crippen LogP contribution is 2.46. The molecular weight excluding hydrogens is 404 g/mol. The quantitative estimate of drug-likeness (QED) is 0.596. The van der Waals surface area contributed by atoms with Gasteiger partial charge in [0.2, 0.25) is 5.78 Å². The van der Waals surface area contributed by atoms with Crippen LogP contribution in [0.25, 0.3) is 0 Å². The summed E-state index contributed by atoms with van der Waals surface area (Å²) in [7, 11) is 2.93. The average Bonchev–Trinajstić information content (AvgIpc) is 3.45. The number of hydrogen-bond donors (Lipinski definition) is 1. The molecule has 4 rings (SSSR count). The van der Waals surface area contributed by atoms with Crippen LogP contribution in [0.15, 0.2) is 56.7 Å². The maximum absolute atomic E-state index is 13.3. The lowest BCUT2D eigenvalue weighted by atomic mass is 9.94. The SMILES string of the molecule is COc1cccc(C2C(C(=O)c3ccc(C)o3)=C(O)C(=O)N2c2cc(C)on2)c1OC. The number of furan rings is 1. The van der Waals surface area contributed by atoms with E-state index in [0.29, 0.717) is 28.6 Å². The topological polar surface area (TPSA) is 115 Å². The molecule has 160 valence electrons. The molecule has 9 heteroatoms. The molecule has 1 N–H and O–H groups in total. The predicted molar refractivity (Wildman–Crippen MR) is 108 cm³/mol. The molecule has 1 amide bonds. The zero-order chi connectivity index (χ0) is 22.3. The molecule has 1 aromatic carbocycles. The maximum atomic E-state index is 13.3. The van der Waals surface area contributed by atoms with E-state index < -0.39 is 23.5 Å². The van der Waals surface area contributed by atoms with Gasteiger partial charge in [0.15, 0.2) is 28.8 Å². The van der Waals surface area contributed by atoms with Gasteiger partial charge in [0.05, 0.1) is 19.8 Å². The molecule has 1 unspecified atom stereocenters. The van der Waals surface area contributed by atoms with Crippen molar-refractivity contribution in [1.82, 2.24) is 5.16 Å². The van der Waals surface area contributed by atoms with E-state index in [9.17, 15) is 14.7 Å². The molecule has 31 heavy (non-hydrogen) atoms. The van der Waals surface area contributed by atoms with Gasteiger partial charge in [-0.25, -0.2) is 0 Å². The Hall–Kier alpha value is -4.01. The van der Waals surface area contributed by atoms with E-state index in [1.54, 1.807) is 38.1 Å². The van der Waals surface area contributed by atoms with Crippen LogP contribution in [0.2, 0.25) is 0 Å². The molecule has 0 bridgehead atoms. The van der Waals surface area contributed by atoms with Crippen LogP contribution in [-0.2, 0) is 4.79 Å². The number of rotatable bonds is 6. The van der Waals surface area contributed by atoms with Crippen molar-refractivity contribution in [1.29, 1.82) is 0 Å². The van der Waals surface area contributed by atoms with Crippen molar-refractivity contribution in [2.45, 2.75) is 19.9 Å². The summed E-state index contributed by atoms with van der Waals surface area (Å²) in [4.78, 5) is 27.6. The second-order valence-corrected chi connectivity index (χ2v) is 6.96. The first-order valence-corrected chi connectivity index (χ1v) is 9.39. The standard InChI is InChI=1S/C22H20N2O7/c1-11-8-9-14(30-11)19(25)17-18(13-6-5-7-15(28-3)21(13)29-4)24(22(27)20(17)26)16-10-12(2)31-23-16/h5-10,18,26H,1-4H3. The number of anilines is 1. The Labute approximate surface area is 177 Å². The first-order valence-electron chi connectivity index (χ1n) is 9.39. The largest absolute Gasteiger partial charge is 0.503 e. The second kappa shape index (κ2) is 7.67. The fourth-order valence-corrected chi connectivity index (χ4v) is 3.65. The van der Waals surface area contributed by atoms with Crippen molar-refractivity contribution in [3.8, 4) is 11.5 Å². The van der Waals surface area contributed by atoms with Gasteiger partial charge >= 0.3 is 0 Å². The van der Waals surface area contributed by atoms with Crippen molar-refractivity contribution < 1.29 is 33.1 Å². The Balaban J connectivity index is 1.95. The number of Topliss-reactive ketones (excluding diaryl/α,β-unsaturated/α-hetero) is 1. The third-order valence-corrected chi connectivity index (χ3v) is 5.01. The number of aromatic nitrogens is 1. The lowest BCUT2D eigenvalue weighted by Gasteiger charge is -2.26. The number of nitrogens with zero attached hydrogens (tertiary/aromatic N) is 2. The van der Waals surface area contributed by atoms with Crippen LogP contribution < -0.4 is 14.4 Å². The summed E-state index contributed by atoms with van der Waals surface area (Å²) in [5.74, 6) is -0.299. The number of carbonyl (C=O) groups is 2. The molecule has 1 aliphatic rings. The van der Waals surface area contributed by atoms with Gasteiger partial charge in [0.1, 0.15) is 17.6 Å². The Bertz CT molecular complexity index is 1200. The van der Waals surface area contributed by atoms with Crippen molar-refractivity contribution in [3.05, 3.63) is 70.6 Å². The van der Waals surface area contributed by atoms with Crippen LogP contribution in [0.3, 0.4) is 0 Å². The van der Waals surface area contributed by atoms with E-state index in [2.05, 4.69) is 5.16 Å². The number of para-hydroxylation sites is 1. The summed E-state index contributed by atoms with van der Waals surface area (Å²) in [5.41, 5.74) is 0.262. The van der Waals surface area contributed by atoms with Crippen LogP contribution in [0.1, 0.15) is 33.7 Å². The molecular formula is C22H20N2O7. The smallest absolute Gasteiger partial charge is 0.295 e.